The zero-order valence-corrected chi connectivity index (χ0v) is 8.75. The molecule has 1 N–H and O–H groups in total. The van der Waals surface area contributed by atoms with E-state index in [-0.39, 0.29) is 18.6 Å². The van der Waals surface area contributed by atoms with Crippen molar-refractivity contribution in [2.45, 2.75) is 32.3 Å². The maximum Gasteiger partial charge on any atom is 0.319 e. The molecule has 0 aliphatic carbocycles. The molecule has 4 heteroatoms. The molecule has 1 rings (SSSR count). The molecule has 0 bridgehead atoms. The van der Waals surface area contributed by atoms with Crippen molar-refractivity contribution in [1.82, 2.24) is 5.32 Å². The second-order valence-electron chi connectivity index (χ2n) is 3.42. The Labute approximate surface area is 85.0 Å². The number of carbonyl (C=O) groups excluding carboxylic acids is 1. The molecule has 82 valence electrons. The van der Waals surface area contributed by atoms with E-state index in [1.165, 1.54) is 6.42 Å². The average molecular weight is 201 g/mol. The van der Waals surface area contributed by atoms with E-state index >= 15 is 0 Å². The van der Waals surface area contributed by atoms with Crippen molar-refractivity contribution in [3.05, 3.63) is 0 Å². The summed E-state index contributed by atoms with van der Waals surface area (Å²) < 4.78 is 10.3. The second kappa shape index (κ2) is 6.79. The minimum Gasteiger partial charge on any atom is -0.465 e. The summed E-state index contributed by atoms with van der Waals surface area (Å²) in [5.74, 6) is -0.191. The van der Waals surface area contributed by atoms with Crippen molar-refractivity contribution < 1.29 is 14.3 Å². The fourth-order valence-electron chi connectivity index (χ4n) is 1.52. The van der Waals surface area contributed by atoms with Crippen LogP contribution in [0.15, 0.2) is 0 Å². The maximum atomic E-state index is 11.0. The fourth-order valence-corrected chi connectivity index (χ4v) is 1.52. The molecule has 0 aromatic carbocycles. The number of carbonyl (C=O) groups is 1. The van der Waals surface area contributed by atoms with E-state index in [4.69, 9.17) is 9.47 Å². The van der Waals surface area contributed by atoms with Gasteiger partial charge in [0, 0.05) is 13.2 Å². The van der Waals surface area contributed by atoms with Crippen LogP contribution in [0, 0.1) is 0 Å². The molecule has 14 heavy (non-hydrogen) atoms. The zero-order valence-electron chi connectivity index (χ0n) is 8.75. The van der Waals surface area contributed by atoms with Crippen LogP contribution in [0.5, 0.6) is 0 Å². The third-order valence-electron chi connectivity index (χ3n) is 2.22. The number of hydrogen-bond donors (Lipinski definition) is 1. The molecule has 1 fully saturated rings. The Morgan fingerprint density at radius 1 is 1.57 bits per heavy atom. The Kier molecular flexibility index (Phi) is 5.56. The standard InChI is InChI=1S/C10H19NO3/c1-2-13-10(12)8-11-7-9-5-3-4-6-14-9/h9,11H,2-8H2,1H3. The molecule has 0 amide bonds. The van der Waals surface area contributed by atoms with E-state index in [9.17, 15) is 4.79 Å². The van der Waals surface area contributed by atoms with Gasteiger partial charge in [-0.05, 0) is 26.2 Å². The molecule has 1 unspecified atom stereocenters. The SMILES string of the molecule is CCOC(=O)CNCC1CCCCO1. The van der Waals surface area contributed by atoms with Crippen LogP contribution in [0.25, 0.3) is 0 Å². The van der Waals surface area contributed by atoms with Gasteiger partial charge in [-0.25, -0.2) is 0 Å². The Balaban J connectivity index is 1.99. The first-order valence-corrected chi connectivity index (χ1v) is 5.31. The number of nitrogens with one attached hydrogen (secondary N) is 1. The first-order valence-electron chi connectivity index (χ1n) is 5.31. The largest absolute Gasteiger partial charge is 0.465 e. The van der Waals surface area contributed by atoms with E-state index in [0.29, 0.717) is 6.61 Å². The van der Waals surface area contributed by atoms with Gasteiger partial charge in [0.05, 0.1) is 19.3 Å². The van der Waals surface area contributed by atoms with E-state index in [0.717, 1.165) is 26.0 Å². The number of hydrogen-bond acceptors (Lipinski definition) is 4. The van der Waals surface area contributed by atoms with Gasteiger partial charge in [0.15, 0.2) is 0 Å². The van der Waals surface area contributed by atoms with Gasteiger partial charge in [-0.2, -0.15) is 0 Å². The van der Waals surface area contributed by atoms with E-state index in [1.54, 1.807) is 0 Å². The highest BCUT2D eigenvalue weighted by Gasteiger charge is 2.13. The van der Waals surface area contributed by atoms with Crippen molar-refractivity contribution >= 4 is 5.97 Å². The highest BCUT2D eigenvalue weighted by atomic mass is 16.5. The Hall–Kier alpha value is -0.610. The predicted octanol–water partition coefficient (Wildman–Crippen LogP) is 0.708. The first kappa shape index (κ1) is 11.5. The maximum absolute atomic E-state index is 11.0. The molecular weight excluding hydrogens is 182 g/mol. The Morgan fingerprint density at radius 2 is 2.43 bits per heavy atom. The zero-order chi connectivity index (χ0) is 10.2. The number of esters is 1. The van der Waals surface area contributed by atoms with Gasteiger partial charge in [0.25, 0.3) is 0 Å². The van der Waals surface area contributed by atoms with Crippen LogP contribution in [0.3, 0.4) is 0 Å². The lowest BCUT2D eigenvalue weighted by Crippen LogP contribution is -2.35. The third kappa shape index (κ3) is 4.58. The molecule has 1 aliphatic heterocycles. The lowest BCUT2D eigenvalue weighted by molar-refractivity contribution is -0.142. The predicted molar refractivity (Wildman–Crippen MR) is 53.1 cm³/mol. The molecule has 4 nitrogen and oxygen atoms in total. The van der Waals surface area contributed by atoms with Crippen molar-refractivity contribution in [1.29, 1.82) is 0 Å². The molecule has 0 aromatic heterocycles. The summed E-state index contributed by atoms with van der Waals surface area (Å²) >= 11 is 0. The van der Waals surface area contributed by atoms with Crippen LogP contribution < -0.4 is 5.32 Å². The molecular formula is C10H19NO3. The van der Waals surface area contributed by atoms with Crippen LogP contribution in [0.4, 0.5) is 0 Å². The van der Waals surface area contributed by atoms with Crippen molar-refractivity contribution in [3.8, 4) is 0 Å². The van der Waals surface area contributed by atoms with Gasteiger partial charge in [-0.15, -0.1) is 0 Å². The summed E-state index contributed by atoms with van der Waals surface area (Å²) in [5, 5.41) is 3.04. The minimum atomic E-state index is -0.191. The molecule has 0 radical (unpaired) electrons. The molecule has 1 heterocycles. The highest BCUT2D eigenvalue weighted by Crippen LogP contribution is 2.11. The molecule has 0 saturated carbocycles. The van der Waals surface area contributed by atoms with Crippen LogP contribution >= 0.6 is 0 Å². The normalized spacial score (nSPS) is 21.9. The molecule has 1 saturated heterocycles. The van der Waals surface area contributed by atoms with E-state index in [1.807, 2.05) is 6.92 Å². The van der Waals surface area contributed by atoms with E-state index in [2.05, 4.69) is 5.32 Å². The summed E-state index contributed by atoms with van der Waals surface area (Å²) in [6, 6.07) is 0. The van der Waals surface area contributed by atoms with Crippen molar-refractivity contribution in [2.24, 2.45) is 0 Å². The summed E-state index contributed by atoms with van der Waals surface area (Å²) in [7, 11) is 0. The summed E-state index contributed by atoms with van der Waals surface area (Å²) in [6.45, 7) is 4.14. The van der Waals surface area contributed by atoms with Crippen LogP contribution in [-0.4, -0.2) is 38.4 Å². The van der Waals surface area contributed by atoms with Gasteiger partial charge in [0.2, 0.25) is 0 Å². The van der Waals surface area contributed by atoms with Crippen LogP contribution in [0.2, 0.25) is 0 Å². The highest BCUT2D eigenvalue weighted by molar-refractivity contribution is 5.71. The smallest absolute Gasteiger partial charge is 0.319 e. The van der Waals surface area contributed by atoms with Gasteiger partial charge < -0.3 is 14.8 Å². The van der Waals surface area contributed by atoms with Gasteiger partial charge >= 0.3 is 5.97 Å². The molecule has 1 atom stereocenters. The lowest BCUT2D eigenvalue weighted by atomic mass is 10.1. The quantitative estimate of drug-likeness (QED) is 0.665. The first-order chi connectivity index (χ1) is 6.83. The van der Waals surface area contributed by atoms with Gasteiger partial charge in [-0.1, -0.05) is 0 Å². The third-order valence-corrected chi connectivity index (χ3v) is 2.22. The monoisotopic (exact) mass is 201 g/mol. The molecule has 0 spiro atoms. The minimum absolute atomic E-state index is 0.191. The topological polar surface area (TPSA) is 47.6 Å². The average Bonchev–Trinajstić information content (AvgIpc) is 2.20. The second-order valence-corrected chi connectivity index (χ2v) is 3.42. The number of ether oxygens (including phenoxy) is 2. The van der Waals surface area contributed by atoms with Crippen LogP contribution in [0.1, 0.15) is 26.2 Å². The Bertz CT molecular complexity index is 167. The van der Waals surface area contributed by atoms with Crippen molar-refractivity contribution in [3.63, 3.8) is 0 Å². The molecule has 1 aliphatic rings. The van der Waals surface area contributed by atoms with Gasteiger partial charge in [0.1, 0.15) is 0 Å². The Morgan fingerprint density at radius 3 is 3.07 bits per heavy atom. The fraction of sp³-hybridized carbons (Fsp3) is 0.900. The van der Waals surface area contributed by atoms with Crippen molar-refractivity contribution in [2.75, 3.05) is 26.3 Å². The van der Waals surface area contributed by atoms with Crippen LogP contribution in [-0.2, 0) is 14.3 Å². The number of rotatable bonds is 5. The van der Waals surface area contributed by atoms with E-state index < -0.39 is 0 Å². The summed E-state index contributed by atoms with van der Waals surface area (Å²) in [6.07, 6.45) is 3.76. The molecule has 0 aromatic rings. The summed E-state index contributed by atoms with van der Waals surface area (Å²) in [4.78, 5) is 11.0. The van der Waals surface area contributed by atoms with Gasteiger partial charge in [-0.3, -0.25) is 4.79 Å². The summed E-state index contributed by atoms with van der Waals surface area (Å²) in [5.41, 5.74) is 0. The lowest BCUT2D eigenvalue weighted by Gasteiger charge is -2.22.